The largest absolute Gasteiger partial charge is 0.393 e. The number of rotatable bonds is 14. The molecule has 240 valence electrons. The zero-order valence-corrected chi connectivity index (χ0v) is 19.9. The predicted molar refractivity (Wildman–Crippen MR) is 92.5 cm³/mol. The van der Waals surface area contributed by atoms with Gasteiger partial charge < -0.3 is 4.90 Å². The molecule has 1 amide bonds. The van der Waals surface area contributed by atoms with Gasteiger partial charge in [0.25, 0.3) is 5.91 Å². The van der Waals surface area contributed by atoms with Gasteiger partial charge in [-0.3, -0.25) is 4.79 Å². The van der Waals surface area contributed by atoms with E-state index in [-0.39, 0.29) is 0 Å². The van der Waals surface area contributed by atoms with Gasteiger partial charge in [-0.25, -0.2) is 0 Å². The molecule has 0 aliphatic rings. The molecule has 0 radical (unpaired) electrons. The molecule has 0 saturated heterocycles. The minimum atomic E-state index is -9.15. The minimum absolute atomic E-state index is 0.405. The van der Waals surface area contributed by atoms with Crippen molar-refractivity contribution in [2.24, 2.45) is 0 Å². The minimum Gasteiger partial charge on any atom is -0.337 e. The van der Waals surface area contributed by atoms with Crippen molar-refractivity contribution in [2.45, 2.75) is 85.4 Å². The molecule has 0 N–H and O–H groups in total. The number of halogens is 21. The molecule has 0 aliphatic heterocycles. The molecule has 0 heterocycles. The first-order valence-electron chi connectivity index (χ1n) is 9.94. The number of carbonyl (C=O) groups excluding carboxylic acids is 1. The SMILES string of the molecule is CCCN(CCC)C(=O)C(F)(F)C(F)(F)C(F)(F)C(F)(F)C(F)(F)C(F)(F)C(F)(F)C(F)(F)C(F)(F)C(F)(F)Cl. The average Bonchev–Trinajstić information content (AvgIpc) is 2.76. The molecule has 0 spiro atoms. The third kappa shape index (κ3) is 5.00. The number of carbonyl (C=O) groups is 1. The lowest BCUT2D eigenvalue weighted by atomic mass is 9.86. The van der Waals surface area contributed by atoms with Gasteiger partial charge >= 0.3 is 58.7 Å². The molecule has 0 unspecified atom stereocenters. The van der Waals surface area contributed by atoms with Crippen LogP contribution in [-0.2, 0) is 4.79 Å². The summed E-state index contributed by atoms with van der Waals surface area (Å²) in [6.07, 6.45) is -0.834. The number of nitrogens with zero attached hydrogens (tertiary/aromatic N) is 1. The zero-order valence-electron chi connectivity index (χ0n) is 19.1. The summed E-state index contributed by atoms with van der Waals surface area (Å²) in [5, 5.41) is -7.06. The number of hydrogen-bond donors (Lipinski definition) is 0. The third-order valence-corrected chi connectivity index (χ3v) is 5.29. The molecule has 0 bridgehead atoms. The smallest absolute Gasteiger partial charge is 0.337 e. The molecule has 23 heteroatoms. The highest BCUT2D eigenvalue weighted by atomic mass is 35.5. The molecular weight excluding hydrogens is 650 g/mol. The van der Waals surface area contributed by atoms with E-state index in [1.165, 1.54) is 0 Å². The van der Waals surface area contributed by atoms with Crippen LogP contribution in [0.1, 0.15) is 26.7 Å². The molecule has 0 aliphatic carbocycles. The van der Waals surface area contributed by atoms with E-state index in [1.807, 2.05) is 0 Å². The fourth-order valence-electron chi connectivity index (χ4n) is 2.75. The van der Waals surface area contributed by atoms with Crippen molar-refractivity contribution in [3.8, 4) is 0 Å². The fraction of sp³-hybridized carbons (Fsp3) is 0.941. The molecular formula is C17H14ClF20NO. The van der Waals surface area contributed by atoms with Crippen LogP contribution in [0.25, 0.3) is 0 Å². The van der Waals surface area contributed by atoms with Crippen molar-refractivity contribution in [1.29, 1.82) is 0 Å². The van der Waals surface area contributed by atoms with Gasteiger partial charge in [0.05, 0.1) is 0 Å². The van der Waals surface area contributed by atoms with Crippen molar-refractivity contribution in [2.75, 3.05) is 13.1 Å². The lowest BCUT2D eigenvalue weighted by molar-refractivity contribution is -0.464. The highest BCUT2D eigenvalue weighted by molar-refractivity contribution is 6.22. The van der Waals surface area contributed by atoms with Gasteiger partial charge in [-0.05, 0) is 24.4 Å². The Kier molecular flexibility index (Phi) is 10.1. The summed E-state index contributed by atoms with van der Waals surface area (Å²) in [5.41, 5.74) is 0. The predicted octanol–water partition coefficient (Wildman–Crippen LogP) is 8.18. The van der Waals surface area contributed by atoms with Crippen molar-refractivity contribution in [1.82, 2.24) is 4.90 Å². The Labute approximate surface area is 214 Å². The molecule has 0 fully saturated rings. The summed E-state index contributed by atoms with van der Waals surface area (Å²) >= 11 is 3.34. The summed E-state index contributed by atoms with van der Waals surface area (Å²) in [6, 6.07) is 0. The maximum Gasteiger partial charge on any atom is 0.393 e. The van der Waals surface area contributed by atoms with Crippen LogP contribution < -0.4 is 0 Å². The van der Waals surface area contributed by atoms with E-state index < -0.39 is 95.4 Å². The Morgan fingerprint density at radius 2 is 0.700 bits per heavy atom. The molecule has 0 saturated carbocycles. The summed E-state index contributed by atoms with van der Waals surface area (Å²) in [7, 11) is 0. The first kappa shape index (κ1) is 38.4. The second kappa shape index (κ2) is 10.6. The standard InChI is InChI=1S/C17H14ClF20NO/c1-3-5-39(6-4-2)7(40)8(19,20)9(21,22)10(23,24)11(25,26)12(27,28)13(29,30)14(31,32)15(33,34)16(35,36)17(18,37)38/h3-6H2,1-2H3. The quantitative estimate of drug-likeness (QED) is 0.136. The van der Waals surface area contributed by atoms with E-state index in [2.05, 4.69) is 11.6 Å². The Bertz CT molecular complexity index is 905. The highest BCUT2D eigenvalue weighted by Gasteiger charge is 2.98. The van der Waals surface area contributed by atoms with E-state index in [9.17, 15) is 92.6 Å². The van der Waals surface area contributed by atoms with Crippen LogP contribution in [0.5, 0.6) is 0 Å². The Morgan fingerprint density at radius 3 is 0.925 bits per heavy atom. The summed E-state index contributed by atoms with van der Waals surface area (Å²) < 4.78 is 271. The van der Waals surface area contributed by atoms with E-state index in [1.54, 1.807) is 0 Å². The van der Waals surface area contributed by atoms with Crippen LogP contribution in [0, 0.1) is 0 Å². The van der Waals surface area contributed by atoms with Gasteiger partial charge in [0, 0.05) is 13.1 Å². The lowest BCUT2D eigenvalue weighted by Gasteiger charge is -2.44. The fourth-order valence-corrected chi connectivity index (χ4v) is 2.86. The number of amides is 1. The molecule has 0 aromatic carbocycles. The van der Waals surface area contributed by atoms with Crippen LogP contribution in [0.4, 0.5) is 87.8 Å². The average molecular weight is 664 g/mol. The van der Waals surface area contributed by atoms with E-state index in [0.29, 0.717) is 0 Å². The monoisotopic (exact) mass is 663 g/mol. The first-order chi connectivity index (χ1) is 17.2. The van der Waals surface area contributed by atoms with Crippen molar-refractivity contribution < 1.29 is 92.6 Å². The Balaban J connectivity index is 7.12. The lowest BCUT2D eigenvalue weighted by Crippen LogP contribution is -2.77. The molecule has 0 aromatic rings. The second-order valence-corrected chi connectivity index (χ2v) is 8.43. The van der Waals surface area contributed by atoms with Crippen LogP contribution >= 0.6 is 11.6 Å². The van der Waals surface area contributed by atoms with Crippen LogP contribution in [0.15, 0.2) is 0 Å². The summed E-state index contributed by atoms with van der Waals surface area (Å²) in [6.45, 7) is 0.0961. The number of alkyl halides is 21. The van der Waals surface area contributed by atoms with Crippen molar-refractivity contribution in [3.63, 3.8) is 0 Å². The van der Waals surface area contributed by atoms with E-state index in [0.717, 1.165) is 13.8 Å². The maximum absolute atomic E-state index is 14.1. The van der Waals surface area contributed by atoms with E-state index in [4.69, 9.17) is 0 Å². The highest BCUT2D eigenvalue weighted by Crippen LogP contribution is 2.66. The van der Waals surface area contributed by atoms with Crippen molar-refractivity contribution >= 4 is 17.5 Å². The van der Waals surface area contributed by atoms with Gasteiger partial charge in [0.15, 0.2) is 0 Å². The van der Waals surface area contributed by atoms with Gasteiger partial charge in [-0.1, -0.05) is 13.8 Å². The number of hydrogen-bond acceptors (Lipinski definition) is 1. The van der Waals surface area contributed by atoms with Crippen LogP contribution in [0.2, 0.25) is 0 Å². The van der Waals surface area contributed by atoms with Gasteiger partial charge in [-0.15, -0.1) is 0 Å². The van der Waals surface area contributed by atoms with Crippen LogP contribution in [0.3, 0.4) is 0 Å². The molecule has 40 heavy (non-hydrogen) atoms. The normalized spacial score (nSPS) is 15.9. The third-order valence-electron chi connectivity index (χ3n) is 5.05. The zero-order chi connectivity index (χ0) is 33.0. The summed E-state index contributed by atoms with van der Waals surface area (Å²) in [5.74, 6) is -80.7. The van der Waals surface area contributed by atoms with Crippen molar-refractivity contribution in [3.05, 3.63) is 0 Å². The molecule has 0 atom stereocenters. The van der Waals surface area contributed by atoms with E-state index >= 15 is 0 Å². The summed E-state index contributed by atoms with van der Waals surface area (Å²) in [4.78, 5) is 11.3. The van der Waals surface area contributed by atoms with Gasteiger partial charge in [0.1, 0.15) is 0 Å². The maximum atomic E-state index is 14.1. The van der Waals surface area contributed by atoms with Gasteiger partial charge in [-0.2, -0.15) is 87.8 Å². The topological polar surface area (TPSA) is 20.3 Å². The van der Waals surface area contributed by atoms with Gasteiger partial charge in [0.2, 0.25) is 0 Å². The second-order valence-electron chi connectivity index (χ2n) is 7.96. The molecule has 0 aromatic heterocycles. The Morgan fingerprint density at radius 1 is 0.475 bits per heavy atom. The van der Waals surface area contributed by atoms with Crippen LogP contribution in [-0.4, -0.2) is 82.6 Å². The Hall–Kier alpha value is -1.64. The molecule has 2 nitrogen and oxygen atoms in total. The molecule has 0 rings (SSSR count). The first-order valence-corrected chi connectivity index (χ1v) is 10.3.